The Morgan fingerprint density at radius 2 is 2.25 bits per heavy atom. The first-order chi connectivity index (χ1) is 7.77. The molecule has 0 heterocycles. The Morgan fingerprint density at radius 3 is 2.88 bits per heavy atom. The van der Waals surface area contributed by atoms with Crippen LogP contribution in [0.25, 0.3) is 0 Å². The van der Waals surface area contributed by atoms with Gasteiger partial charge in [0.1, 0.15) is 5.75 Å². The number of halogens is 1. The number of methoxy groups -OCH3 is 1. The molecule has 1 aromatic carbocycles. The highest BCUT2D eigenvalue weighted by molar-refractivity contribution is 9.10. The van der Waals surface area contributed by atoms with Crippen LogP contribution in [0, 0.1) is 11.3 Å². The van der Waals surface area contributed by atoms with Crippen molar-refractivity contribution in [2.24, 2.45) is 0 Å². The highest BCUT2D eigenvalue weighted by Crippen LogP contribution is 2.27. The standard InChI is InChI=1S/C12H15BrN2O/c1-16-12-6-5-10(9-11(12)13)15-8-4-2-3-7-14/h5-6,9,15H,2-4,8H2,1H3. The molecule has 0 aliphatic rings. The van der Waals surface area contributed by atoms with Gasteiger partial charge in [0, 0.05) is 18.7 Å². The van der Waals surface area contributed by atoms with Crippen LogP contribution < -0.4 is 10.1 Å². The third-order valence-corrected chi connectivity index (χ3v) is 2.82. The van der Waals surface area contributed by atoms with Gasteiger partial charge in [0.05, 0.1) is 17.7 Å². The van der Waals surface area contributed by atoms with Crippen LogP contribution in [-0.4, -0.2) is 13.7 Å². The number of hydrogen-bond acceptors (Lipinski definition) is 3. The van der Waals surface area contributed by atoms with Gasteiger partial charge in [-0.2, -0.15) is 5.26 Å². The number of unbranched alkanes of at least 4 members (excludes halogenated alkanes) is 2. The van der Waals surface area contributed by atoms with Crippen LogP contribution in [0.4, 0.5) is 5.69 Å². The highest BCUT2D eigenvalue weighted by Gasteiger charge is 2.00. The Labute approximate surface area is 105 Å². The molecule has 0 atom stereocenters. The molecule has 0 amide bonds. The summed E-state index contributed by atoms with van der Waals surface area (Å²) < 4.78 is 6.09. The third-order valence-electron chi connectivity index (χ3n) is 2.20. The predicted octanol–water partition coefficient (Wildman–Crippen LogP) is 3.56. The second kappa shape index (κ2) is 7.13. The fourth-order valence-electron chi connectivity index (χ4n) is 1.34. The van der Waals surface area contributed by atoms with E-state index in [9.17, 15) is 0 Å². The zero-order valence-corrected chi connectivity index (χ0v) is 10.9. The molecule has 1 aromatic rings. The van der Waals surface area contributed by atoms with Crippen molar-refractivity contribution in [3.8, 4) is 11.8 Å². The first-order valence-electron chi connectivity index (χ1n) is 5.22. The molecule has 0 radical (unpaired) electrons. The van der Waals surface area contributed by atoms with Crippen LogP contribution in [0.5, 0.6) is 5.75 Å². The van der Waals surface area contributed by atoms with Gasteiger partial charge in [-0.3, -0.25) is 0 Å². The van der Waals surface area contributed by atoms with Crippen molar-refractivity contribution in [2.75, 3.05) is 19.0 Å². The predicted molar refractivity (Wildman–Crippen MR) is 68.6 cm³/mol. The van der Waals surface area contributed by atoms with E-state index in [1.165, 1.54) is 0 Å². The Kier molecular flexibility index (Phi) is 5.73. The van der Waals surface area contributed by atoms with E-state index in [0.717, 1.165) is 35.3 Å². The third kappa shape index (κ3) is 4.11. The quantitative estimate of drug-likeness (QED) is 0.812. The summed E-state index contributed by atoms with van der Waals surface area (Å²) in [5.41, 5.74) is 1.06. The van der Waals surface area contributed by atoms with Gasteiger partial charge in [-0.1, -0.05) is 0 Å². The van der Waals surface area contributed by atoms with Gasteiger partial charge >= 0.3 is 0 Å². The van der Waals surface area contributed by atoms with Crippen molar-refractivity contribution in [3.05, 3.63) is 22.7 Å². The van der Waals surface area contributed by atoms with Gasteiger partial charge in [0.15, 0.2) is 0 Å². The summed E-state index contributed by atoms with van der Waals surface area (Å²) in [6, 6.07) is 8.03. The Bertz CT molecular complexity index is 374. The van der Waals surface area contributed by atoms with Crippen molar-refractivity contribution in [3.63, 3.8) is 0 Å². The summed E-state index contributed by atoms with van der Waals surface area (Å²) in [6.07, 6.45) is 2.59. The Hall–Kier alpha value is -1.21. The molecule has 3 nitrogen and oxygen atoms in total. The minimum atomic E-state index is 0.633. The molecule has 86 valence electrons. The molecule has 1 N–H and O–H groups in total. The normalized spacial score (nSPS) is 9.56. The SMILES string of the molecule is COc1ccc(NCCCCC#N)cc1Br. The summed E-state index contributed by atoms with van der Waals surface area (Å²) in [4.78, 5) is 0. The van der Waals surface area contributed by atoms with Crippen LogP contribution >= 0.6 is 15.9 Å². The van der Waals surface area contributed by atoms with Crippen LogP contribution in [0.15, 0.2) is 22.7 Å². The molecule has 0 saturated carbocycles. The average Bonchev–Trinajstić information content (AvgIpc) is 2.29. The fraction of sp³-hybridized carbons (Fsp3) is 0.417. The van der Waals surface area contributed by atoms with Crippen LogP contribution in [0.3, 0.4) is 0 Å². The number of hydrogen-bond donors (Lipinski definition) is 1. The molecule has 16 heavy (non-hydrogen) atoms. The topological polar surface area (TPSA) is 45.0 Å². The minimum absolute atomic E-state index is 0.633. The van der Waals surface area contributed by atoms with Gasteiger partial charge in [0.25, 0.3) is 0 Å². The number of benzene rings is 1. The summed E-state index contributed by atoms with van der Waals surface area (Å²) in [5.74, 6) is 0.829. The maximum atomic E-state index is 8.39. The van der Waals surface area contributed by atoms with Gasteiger partial charge in [0.2, 0.25) is 0 Å². The number of ether oxygens (including phenoxy) is 1. The van der Waals surface area contributed by atoms with E-state index in [2.05, 4.69) is 27.3 Å². The van der Waals surface area contributed by atoms with E-state index in [1.54, 1.807) is 7.11 Å². The summed E-state index contributed by atoms with van der Waals surface area (Å²) in [5, 5.41) is 11.7. The Balaban J connectivity index is 2.38. The molecular formula is C12H15BrN2O. The highest BCUT2D eigenvalue weighted by atomic mass is 79.9. The molecular weight excluding hydrogens is 268 g/mol. The van der Waals surface area contributed by atoms with Gasteiger partial charge in [-0.05, 0) is 47.0 Å². The van der Waals surface area contributed by atoms with Gasteiger partial charge in [-0.25, -0.2) is 0 Å². The van der Waals surface area contributed by atoms with Crippen molar-refractivity contribution >= 4 is 21.6 Å². The Morgan fingerprint density at radius 1 is 1.44 bits per heavy atom. The molecule has 0 aliphatic carbocycles. The maximum absolute atomic E-state index is 8.39. The van der Waals surface area contributed by atoms with Crippen LogP contribution in [-0.2, 0) is 0 Å². The molecule has 0 saturated heterocycles. The number of nitriles is 1. The van der Waals surface area contributed by atoms with Crippen LogP contribution in [0.1, 0.15) is 19.3 Å². The molecule has 0 aliphatic heterocycles. The molecule has 0 aromatic heterocycles. The summed E-state index contributed by atoms with van der Waals surface area (Å²) >= 11 is 3.43. The van der Waals surface area contributed by atoms with Crippen molar-refractivity contribution in [1.29, 1.82) is 5.26 Å². The fourth-order valence-corrected chi connectivity index (χ4v) is 1.88. The van der Waals surface area contributed by atoms with Crippen molar-refractivity contribution in [2.45, 2.75) is 19.3 Å². The number of nitrogens with zero attached hydrogens (tertiary/aromatic N) is 1. The zero-order valence-electron chi connectivity index (χ0n) is 9.29. The monoisotopic (exact) mass is 282 g/mol. The van der Waals surface area contributed by atoms with E-state index in [4.69, 9.17) is 10.00 Å². The molecule has 0 unspecified atom stereocenters. The van der Waals surface area contributed by atoms with E-state index in [-0.39, 0.29) is 0 Å². The van der Waals surface area contributed by atoms with E-state index in [0.29, 0.717) is 6.42 Å². The molecule has 0 fully saturated rings. The lowest BCUT2D eigenvalue weighted by atomic mass is 10.2. The van der Waals surface area contributed by atoms with Crippen molar-refractivity contribution in [1.82, 2.24) is 0 Å². The summed E-state index contributed by atoms with van der Waals surface area (Å²) in [7, 11) is 1.65. The lowest BCUT2D eigenvalue weighted by molar-refractivity contribution is 0.412. The second-order valence-corrected chi connectivity index (χ2v) is 4.25. The lowest BCUT2D eigenvalue weighted by Gasteiger charge is -2.08. The smallest absolute Gasteiger partial charge is 0.133 e. The molecule has 1 rings (SSSR count). The molecule has 0 bridgehead atoms. The second-order valence-electron chi connectivity index (χ2n) is 3.39. The zero-order chi connectivity index (χ0) is 11.8. The van der Waals surface area contributed by atoms with Crippen molar-refractivity contribution < 1.29 is 4.74 Å². The first-order valence-corrected chi connectivity index (χ1v) is 6.01. The van der Waals surface area contributed by atoms with Gasteiger partial charge in [-0.15, -0.1) is 0 Å². The van der Waals surface area contributed by atoms with E-state index < -0.39 is 0 Å². The number of nitrogens with one attached hydrogen (secondary N) is 1. The van der Waals surface area contributed by atoms with Gasteiger partial charge < -0.3 is 10.1 Å². The first kappa shape index (κ1) is 12.9. The summed E-state index contributed by atoms with van der Waals surface area (Å²) in [6.45, 7) is 0.889. The molecule has 4 heteroatoms. The van der Waals surface area contributed by atoms with E-state index in [1.807, 2.05) is 18.2 Å². The number of rotatable bonds is 6. The molecule has 0 spiro atoms. The maximum Gasteiger partial charge on any atom is 0.133 e. The minimum Gasteiger partial charge on any atom is -0.496 e. The largest absolute Gasteiger partial charge is 0.496 e. The number of anilines is 1. The lowest BCUT2D eigenvalue weighted by Crippen LogP contribution is -2.01. The van der Waals surface area contributed by atoms with E-state index >= 15 is 0 Å². The van der Waals surface area contributed by atoms with Crippen LogP contribution in [0.2, 0.25) is 0 Å². The average molecular weight is 283 g/mol.